The molecule has 0 N–H and O–H groups in total. The van der Waals surface area contributed by atoms with Crippen LogP contribution in [0.5, 0.6) is 0 Å². The largest absolute Gasteiger partial charge is 0.370 e. The molecule has 0 bridgehead atoms. The van der Waals surface area contributed by atoms with Crippen LogP contribution in [0.2, 0.25) is 0 Å². The molecule has 0 amide bonds. The van der Waals surface area contributed by atoms with Crippen molar-refractivity contribution in [3.8, 4) is 22.3 Å². The van der Waals surface area contributed by atoms with Crippen LogP contribution >= 0.6 is 0 Å². The monoisotopic (exact) mass is 340 g/mol. The number of aromatic nitrogens is 4. The first-order valence-electron chi connectivity index (χ1n) is 8.68. The Balaban J connectivity index is 1.57. The summed E-state index contributed by atoms with van der Waals surface area (Å²) < 4.78 is 1.82. The van der Waals surface area contributed by atoms with Crippen LogP contribution in [0.1, 0.15) is 0 Å². The predicted molar refractivity (Wildman–Crippen MR) is 104 cm³/mol. The van der Waals surface area contributed by atoms with E-state index in [2.05, 4.69) is 56.7 Å². The van der Waals surface area contributed by atoms with Gasteiger partial charge in [-0.05, 0) is 17.2 Å². The Morgan fingerprint density at radius 2 is 1.69 bits per heavy atom. The second-order valence-electron chi connectivity index (χ2n) is 6.62. The van der Waals surface area contributed by atoms with Gasteiger partial charge in [-0.15, -0.1) is 0 Å². The van der Waals surface area contributed by atoms with Gasteiger partial charge in [0.2, 0.25) is 0 Å². The summed E-state index contributed by atoms with van der Waals surface area (Å²) in [5, 5.41) is 5.38. The molecule has 1 fully saturated rings. The zero-order valence-corrected chi connectivity index (χ0v) is 14.5. The van der Waals surface area contributed by atoms with E-state index in [-0.39, 0.29) is 0 Å². The minimum Gasteiger partial charge on any atom is -0.370 e. The first-order valence-corrected chi connectivity index (χ1v) is 8.68. The molecule has 1 saturated heterocycles. The van der Waals surface area contributed by atoms with E-state index >= 15 is 0 Å². The molecule has 5 nitrogen and oxygen atoms in total. The molecule has 5 rings (SSSR count). The lowest BCUT2D eigenvalue weighted by Crippen LogP contribution is -2.37. The first kappa shape index (κ1) is 15.1. The molecule has 1 aliphatic rings. The fourth-order valence-electron chi connectivity index (χ4n) is 3.32. The minimum atomic E-state index is 0.923. The quantitative estimate of drug-likeness (QED) is 0.570. The van der Waals surface area contributed by atoms with Crippen molar-refractivity contribution in [2.24, 2.45) is 7.05 Å². The molecule has 0 atom stereocenters. The molecule has 3 aromatic heterocycles. The third kappa shape index (κ3) is 2.52. The van der Waals surface area contributed by atoms with Crippen molar-refractivity contribution >= 4 is 16.6 Å². The first-order chi connectivity index (χ1) is 12.8. The van der Waals surface area contributed by atoms with E-state index in [4.69, 9.17) is 0 Å². The summed E-state index contributed by atoms with van der Waals surface area (Å²) in [5.74, 6) is 0. The van der Waals surface area contributed by atoms with Crippen LogP contribution in [-0.4, -0.2) is 32.8 Å². The standard InChI is InChI=1S/C21H18N5/c1-25-14-17(10-24-25)15-3-5-16(6-4-15)20-12-22-13-21-19(20)9-18(11-23-21)26-7-2-8-26/h2-6,9-14H,7-8H2,1H3. The van der Waals surface area contributed by atoms with Gasteiger partial charge in [-0.1, -0.05) is 24.3 Å². The minimum absolute atomic E-state index is 0.923. The highest BCUT2D eigenvalue weighted by Gasteiger charge is 2.16. The van der Waals surface area contributed by atoms with Gasteiger partial charge in [0.1, 0.15) is 0 Å². The van der Waals surface area contributed by atoms with Crippen LogP contribution in [0.4, 0.5) is 5.69 Å². The van der Waals surface area contributed by atoms with Gasteiger partial charge in [0.15, 0.2) is 0 Å². The van der Waals surface area contributed by atoms with Gasteiger partial charge in [-0.2, -0.15) is 5.10 Å². The molecule has 0 spiro atoms. The molecular weight excluding hydrogens is 322 g/mol. The van der Waals surface area contributed by atoms with Crippen LogP contribution < -0.4 is 4.90 Å². The summed E-state index contributed by atoms with van der Waals surface area (Å²) in [5.41, 5.74) is 6.62. The molecule has 4 heterocycles. The zero-order valence-electron chi connectivity index (χ0n) is 14.5. The van der Waals surface area contributed by atoms with Gasteiger partial charge in [-0.3, -0.25) is 14.6 Å². The summed E-state index contributed by atoms with van der Waals surface area (Å²) in [4.78, 5) is 11.3. The Labute approximate surface area is 151 Å². The number of hydrogen-bond donors (Lipinski definition) is 0. The molecule has 26 heavy (non-hydrogen) atoms. The summed E-state index contributed by atoms with van der Waals surface area (Å²) in [6.45, 7) is 1.99. The third-order valence-corrected chi connectivity index (χ3v) is 4.89. The van der Waals surface area contributed by atoms with E-state index < -0.39 is 0 Å². The van der Waals surface area contributed by atoms with E-state index in [1.54, 1.807) is 0 Å². The summed E-state index contributed by atoms with van der Waals surface area (Å²) in [6, 6.07) is 10.8. The van der Waals surface area contributed by atoms with Crippen LogP contribution in [0.3, 0.4) is 0 Å². The molecule has 1 aliphatic heterocycles. The van der Waals surface area contributed by atoms with Crippen molar-refractivity contribution in [1.29, 1.82) is 0 Å². The second-order valence-corrected chi connectivity index (χ2v) is 6.62. The summed E-state index contributed by atoms with van der Waals surface area (Å²) in [6.07, 6.45) is 11.9. The van der Waals surface area contributed by atoms with E-state index in [0.717, 1.165) is 46.2 Å². The fraction of sp³-hybridized carbons (Fsp3) is 0.143. The molecule has 0 aliphatic carbocycles. The van der Waals surface area contributed by atoms with E-state index in [1.165, 1.54) is 5.69 Å². The summed E-state index contributed by atoms with van der Waals surface area (Å²) in [7, 11) is 1.93. The zero-order chi connectivity index (χ0) is 17.5. The van der Waals surface area contributed by atoms with Crippen LogP contribution in [-0.2, 0) is 7.05 Å². The van der Waals surface area contributed by atoms with Gasteiger partial charge < -0.3 is 4.90 Å². The molecule has 1 radical (unpaired) electrons. The van der Waals surface area contributed by atoms with Gasteiger partial charge in [0, 0.05) is 55.5 Å². The Morgan fingerprint density at radius 3 is 2.38 bits per heavy atom. The number of pyridine rings is 2. The molecule has 1 aromatic carbocycles. The number of benzene rings is 1. The van der Waals surface area contributed by atoms with Crippen molar-refractivity contribution in [1.82, 2.24) is 19.7 Å². The number of aryl methyl sites for hydroxylation is 1. The maximum atomic E-state index is 4.61. The van der Waals surface area contributed by atoms with E-state index in [0.29, 0.717) is 0 Å². The van der Waals surface area contributed by atoms with Crippen LogP contribution in [0.25, 0.3) is 33.2 Å². The highest BCUT2D eigenvalue weighted by Crippen LogP contribution is 2.31. The number of rotatable bonds is 3. The average molecular weight is 340 g/mol. The van der Waals surface area contributed by atoms with Crippen molar-refractivity contribution in [3.63, 3.8) is 0 Å². The van der Waals surface area contributed by atoms with Crippen LogP contribution in [0, 0.1) is 6.42 Å². The topological polar surface area (TPSA) is 46.8 Å². The van der Waals surface area contributed by atoms with Crippen molar-refractivity contribution in [2.75, 3.05) is 18.0 Å². The molecule has 4 aromatic rings. The number of fused-ring (bicyclic) bond motifs is 1. The normalized spacial score (nSPS) is 13.8. The highest BCUT2D eigenvalue weighted by atomic mass is 15.2. The fourth-order valence-corrected chi connectivity index (χ4v) is 3.32. The molecule has 0 saturated carbocycles. The van der Waals surface area contributed by atoms with E-state index in [1.807, 2.05) is 42.7 Å². The highest BCUT2D eigenvalue weighted by molar-refractivity contribution is 5.95. The van der Waals surface area contributed by atoms with Gasteiger partial charge in [0.25, 0.3) is 0 Å². The van der Waals surface area contributed by atoms with Crippen molar-refractivity contribution < 1.29 is 0 Å². The average Bonchev–Trinajstić information content (AvgIpc) is 3.06. The van der Waals surface area contributed by atoms with Gasteiger partial charge in [0.05, 0.1) is 29.8 Å². The Hall–Kier alpha value is -3.21. The maximum absolute atomic E-state index is 4.61. The number of hydrogen-bond acceptors (Lipinski definition) is 4. The number of nitrogens with zero attached hydrogens (tertiary/aromatic N) is 5. The second kappa shape index (κ2) is 5.95. The molecular formula is C21H18N5. The van der Waals surface area contributed by atoms with Gasteiger partial charge in [-0.25, -0.2) is 0 Å². The smallest absolute Gasteiger partial charge is 0.0892 e. The Bertz CT molecular complexity index is 1080. The van der Waals surface area contributed by atoms with Gasteiger partial charge >= 0.3 is 0 Å². The lowest BCUT2D eigenvalue weighted by molar-refractivity contribution is 0.762. The maximum Gasteiger partial charge on any atom is 0.0892 e. The lowest BCUT2D eigenvalue weighted by atomic mass is 10.00. The predicted octanol–water partition coefficient (Wildman–Crippen LogP) is 3.72. The van der Waals surface area contributed by atoms with Crippen molar-refractivity contribution in [2.45, 2.75) is 0 Å². The van der Waals surface area contributed by atoms with E-state index in [9.17, 15) is 0 Å². The molecule has 127 valence electrons. The Morgan fingerprint density at radius 1 is 0.885 bits per heavy atom. The number of anilines is 1. The summed E-state index contributed by atoms with van der Waals surface area (Å²) >= 11 is 0. The lowest BCUT2D eigenvalue weighted by Gasteiger charge is -2.32. The Kier molecular flexibility index (Phi) is 3.45. The van der Waals surface area contributed by atoms with Crippen LogP contribution in [0.15, 0.2) is 61.3 Å². The molecule has 0 unspecified atom stereocenters. The van der Waals surface area contributed by atoms with Crippen molar-refractivity contribution in [3.05, 3.63) is 67.7 Å². The third-order valence-electron chi connectivity index (χ3n) is 4.89. The molecule has 5 heteroatoms. The SMILES string of the molecule is Cn1cc(-c2ccc(-c3cncc4ncc(N5C[CH]C5)cc34)cc2)cn1.